The molecule has 0 radical (unpaired) electrons. The van der Waals surface area contributed by atoms with E-state index < -0.39 is 43.9 Å². The molecular formula is C6H18Na2O9S4. The van der Waals surface area contributed by atoms with Gasteiger partial charge >= 0.3 is 59.1 Å². The zero-order valence-electron chi connectivity index (χ0n) is 13.5. The van der Waals surface area contributed by atoms with Gasteiger partial charge in [0.15, 0.2) is 0 Å². The van der Waals surface area contributed by atoms with Gasteiger partial charge in [-0.05, 0) is 0 Å². The standard InChI is InChI=1S/C6H14O8S4.2Na.H2O.2H/c7-5(3-17(9,10)11)1-15-16-2-6(8)4-18(12,13)14;;;;;/h5-8H,1-4H2,(H,9,10,11)(H,12,13,14);;;1H2;;/q;2*+1;;2*-1. The molecule has 122 valence electrons. The molecule has 21 heavy (non-hydrogen) atoms. The Morgan fingerprint density at radius 2 is 1.05 bits per heavy atom. The first-order valence-corrected chi connectivity index (χ1v) is 10.2. The second-order valence-electron chi connectivity index (χ2n) is 3.37. The molecule has 9 nitrogen and oxygen atoms in total. The van der Waals surface area contributed by atoms with E-state index in [0.29, 0.717) is 0 Å². The SMILES string of the molecule is O.O=S(=O)(O)CC(O)CSSCC(O)CS(=O)(=O)O.[H-].[H-].[Na+].[Na+]. The quantitative estimate of drug-likeness (QED) is 0.124. The molecule has 0 aromatic carbocycles. The fraction of sp³-hybridized carbons (Fsp3) is 1.00. The summed E-state index contributed by atoms with van der Waals surface area (Å²) in [6.45, 7) is 0. The van der Waals surface area contributed by atoms with Gasteiger partial charge in [-0.1, -0.05) is 21.6 Å². The van der Waals surface area contributed by atoms with Crippen LogP contribution < -0.4 is 59.1 Å². The smallest absolute Gasteiger partial charge is 1.00 e. The topological polar surface area (TPSA) is 181 Å². The summed E-state index contributed by atoms with van der Waals surface area (Å²) in [6.07, 6.45) is -2.51. The van der Waals surface area contributed by atoms with Crippen molar-refractivity contribution in [2.75, 3.05) is 23.0 Å². The van der Waals surface area contributed by atoms with Crippen LogP contribution in [0.2, 0.25) is 0 Å². The van der Waals surface area contributed by atoms with Gasteiger partial charge in [-0.15, -0.1) is 0 Å². The van der Waals surface area contributed by atoms with Crippen LogP contribution in [0.5, 0.6) is 0 Å². The molecule has 2 atom stereocenters. The largest absolute Gasteiger partial charge is 1.00 e. The van der Waals surface area contributed by atoms with Crippen LogP contribution >= 0.6 is 21.6 Å². The van der Waals surface area contributed by atoms with Crippen molar-refractivity contribution in [1.82, 2.24) is 0 Å². The van der Waals surface area contributed by atoms with E-state index in [4.69, 9.17) is 19.3 Å². The van der Waals surface area contributed by atoms with E-state index >= 15 is 0 Å². The van der Waals surface area contributed by atoms with Crippen LogP contribution in [0.1, 0.15) is 2.85 Å². The molecule has 0 spiro atoms. The molecule has 0 aromatic rings. The Bertz CT molecular complexity index is 407. The average Bonchev–Trinajstić information content (AvgIpc) is 2.06. The maximum atomic E-state index is 10.4. The van der Waals surface area contributed by atoms with Gasteiger partial charge in [0.05, 0.1) is 12.2 Å². The first kappa shape index (κ1) is 31.2. The van der Waals surface area contributed by atoms with Gasteiger partial charge in [-0.25, -0.2) is 0 Å². The summed E-state index contributed by atoms with van der Waals surface area (Å²) in [5, 5.41) is 18.3. The van der Waals surface area contributed by atoms with Crippen molar-refractivity contribution >= 4 is 41.8 Å². The molecule has 0 aliphatic carbocycles. The van der Waals surface area contributed by atoms with Crippen molar-refractivity contribution in [3.05, 3.63) is 0 Å². The maximum absolute atomic E-state index is 10.4. The van der Waals surface area contributed by atoms with Crippen LogP contribution in [0.15, 0.2) is 0 Å². The van der Waals surface area contributed by atoms with Crippen LogP contribution in [-0.2, 0) is 20.2 Å². The van der Waals surface area contributed by atoms with Gasteiger partial charge in [-0.2, -0.15) is 16.8 Å². The van der Waals surface area contributed by atoms with E-state index in [2.05, 4.69) is 0 Å². The van der Waals surface area contributed by atoms with Crippen LogP contribution in [-0.4, -0.2) is 76.8 Å². The fourth-order valence-electron chi connectivity index (χ4n) is 0.836. The minimum Gasteiger partial charge on any atom is -1.00 e. The first-order chi connectivity index (χ1) is 7.99. The Labute approximate surface area is 178 Å². The van der Waals surface area contributed by atoms with E-state index in [-0.39, 0.29) is 78.9 Å². The summed E-state index contributed by atoms with van der Waals surface area (Å²) in [7, 11) is -6.45. The first-order valence-electron chi connectivity index (χ1n) is 4.50. The van der Waals surface area contributed by atoms with Crippen LogP contribution in [0, 0.1) is 0 Å². The summed E-state index contributed by atoms with van der Waals surface area (Å²) in [4.78, 5) is 0. The summed E-state index contributed by atoms with van der Waals surface area (Å²) >= 11 is 0. The van der Waals surface area contributed by atoms with Crippen molar-refractivity contribution in [3.63, 3.8) is 0 Å². The zero-order chi connectivity index (χ0) is 14.4. The number of rotatable bonds is 9. The van der Waals surface area contributed by atoms with Gasteiger partial charge < -0.3 is 18.5 Å². The van der Waals surface area contributed by atoms with Gasteiger partial charge in [0.25, 0.3) is 20.2 Å². The van der Waals surface area contributed by atoms with Crippen LogP contribution in [0.3, 0.4) is 0 Å². The Morgan fingerprint density at radius 1 is 0.810 bits per heavy atom. The fourth-order valence-corrected chi connectivity index (χ4v) is 4.60. The second-order valence-corrected chi connectivity index (χ2v) is 8.92. The maximum Gasteiger partial charge on any atom is 1.00 e. The Balaban J connectivity index is -0.000000144. The van der Waals surface area contributed by atoms with Crippen LogP contribution in [0.25, 0.3) is 0 Å². The van der Waals surface area contributed by atoms with E-state index in [0.717, 1.165) is 21.6 Å². The third-order valence-electron chi connectivity index (χ3n) is 1.41. The van der Waals surface area contributed by atoms with Crippen LogP contribution in [0.4, 0.5) is 0 Å². The molecule has 0 heterocycles. The van der Waals surface area contributed by atoms with Crippen molar-refractivity contribution in [2.45, 2.75) is 12.2 Å². The molecule has 0 saturated carbocycles. The third kappa shape index (κ3) is 24.8. The summed E-state index contributed by atoms with van der Waals surface area (Å²) < 4.78 is 58.4. The minimum atomic E-state index is -4.24. The molecule has 15 heteroatoms. The number of aliphatic hydroxyl groups is 2. The Hall–Kier alpha value is 2.40. The predicted octanol–water partition coefficient (Wildman–Crippen LogP) is -7.73. The summed E-state index contributed by atoms with van der Waals surface area (Å²) in [5.74, 6) is -1.59. The number of hydrogen-bond acceptors (Lipinski definition) is 8. The van der Waals surface area contributed by atoms with E-state index in [1.54, 1.807) is 0 Å². The van der Waals surface area contributed by atoms with E-state index in [1.165, 1.54) is 0 Å². The molecule has 0 aliphatic heterocycles. The third-order valence-corrected chi connectivity index (χ3v) is 5.55. The molecule has 0 amide bonds. The van der Waals surface area contributed by atoms with Gasteiger partial charge in [0, 0.05) is 11.5 Å². The van der Waals surface area contributed by atoms with Crippen molar-refractivity contribution in [1.29, 1.82) is 0 Å². The molecule has 2 unspecified atom stereocenters. The zero-order valence-corrected chi connectivity index (χ0v) is 18.8. The van der Waals surface area contributed by atoms with Crippen molar-refractivity contribution in [2.24, 2.45) is 0 Å². The second kappa shape index (κ2) is 14.7. The average molecular weight is 408 g/mol. The van der Waals surface area contributed by atoms with Crippen molar-refractivity contribution < 1.29 is 104 Å². The normalized spacial score (nSPS) is 14.1. The van der Waals surface area contributed by atoms with Gasteiger partial charge in [0.1, 0.15) is 11.5 Å². The Morgan fingerprint density at radius 3 is 1.24 bits per heavy atom. The molecule has 0 aromatic heterocycles. The number of hydrogen-bond donors (Lipinski definition) is 4. The van der Waals surface area contributed by atoms with Gasteiger partial charge in [0.2, 0.25) is 0 Å². The molecule has 0 saturated heterocycles. The number of aliphatic hydroxyl groups excluding tert-OH is 2. The molecule has 0 aliphatic rings. The van der Waals surface area contributed by atoms with Gasteiger partial charge in [-0.3, -0.25) is 9.11 Å². The Kier molecular flexibility index (Phi) is 21.9. The molecule has 0 bridgehead atoms. The van der Waals surface area contributed by atoms with E-state index in [9.17, 15) is 16.8 Å². The van der Waals surface area contributed by atoms with Crippen molar-refractivity contribution in [3.8, 4) is 0 Å². The molecule has 0 rings (SSSR count). The summed E-state index contributed by atoms with van der Waals surface area (Å²) in [5.41, 5.74) is 0. The predicted molar refractivity (Wildman–Crippen MR) is 75.6 cm³/mol. The van der Waals surface area contributed by atoms with E-state index in [1.807, 2.05) is 0 Å². The monoisotopic (exact) mass is 408 g/mol. The molecule has 6 N–H and O–H groups in total. The summed E-state index contributed by atoms with van der Waals surface area (Å²) in [6, 6.07) is 0. The molecule has 0 fully saturated rings. The minimum absolute atomic E-state index is 0. The molecular weight excluding hydrogens is 390 g/mol.